The van der Waals surface area contributed by atoms with Gasteiger partial charge in [-0.05, 0) is 24.1 Å². The summed E-state index contributed by atoms with van der Waals surface area (Å²) in [7, 11) is 0. The monoisotopic (exact) mass is 345 g/mol. The summed E-state index contributed by atoms with van der Waals surface area (Å²) in [5.41, 5.74) is 0.883. The van der Waals surface area contributed by atoms with Gasteiger partial charge in [-0.3, -0.25) is 4.90 Å². The average Bonchev–Trinajstić information content (AvgIpc) is 3.20. The minimum absolute atomic E-state index is 0.194. The molecule has 0 N–H and O–H groups in total. The molecule has 2 fully saturated rings. The van der Waals surface area contributed by atoms with Gasteiger partial charge in [0.1, 0.15) is 11.4 Å². The van der Waals surface area contributed by atoms with Gasteiger partial charge >= 0.3 is 0 Å². The molecule has 1 aromatic carbocycles. The molecular weight excluding hydrogens is 321 g/mol. The van der Waals surface area contributed by atoms with Gasteiger partial charge < -0.3 is 14.0 Å². The highest BCUT2D eigenvalue weighted by molar-refractivity contribution is 5.16. The van der Waals surface area contributed by atoms with Gasteiger partial charge in [0.25, 0.3) is 0 Å². The van der Waals surface area contributed by atoms with Gasteiger partial charge in [0.15, 0.2) is 0 Å². The van der Waals surface area contributed by atoms with Crippen LogP contribution in [0.4, 0.5) is 4.39 Å². The van der Waals surface area contributed by atoms with Crippen LogP contribution in [0, 0.1) is 11.7 Å². The van der Waals surface area contributed by atoms with Crippen molar-refractivity contribution >= 4 is 0 Å². The number of nitrogens with zero attached hydrogens (tertiary/aromatic N) is 3. The van der Waals surface area contributed by atoms with Gasteiger partial charge in [-0.1, -0.05) is 12.1 Å². The molecule has 2 saturated heterocycles. The Morgan fingerprint density at radius 3 is 2.96 bits per heavy atom. The molecule has 2 aromatic rings. The summed E-state index contributed by atoms with van der Waals surface area (Å²) in [6.07, 6.45) is 6.65. The van der Waals surface area contributed by atoms with Crippen molar-refractivity contribution in [2.75, 3.05) is 32.9 Å². The van der Waals surface area contributed by atoms with Gasteiger partial charge in [-0.2, -0.15) is 0 Å². The molecule has 0 amide bonds. The van der Waals surface area contributed by atoms with Crippen molar-refractivity contribution in [3.05, 3.63) is 54.4 Å². The summed E-state index contributed by atoms with van der Waals surface area (Å²) >= 11 is 0. The maximum Gasteiger partial charge on any atom is 0.123 e. The first-order valence-corrected chi connectivity index (χ1v) is 8.85. The third-order valence-electron chi connectivity index (χ3n) is 5.06. The summed E-state index contributed by atoms with van der Waals surface area (Å²) in [5.74, 6) is 0.282. The summed E-state index contributed by atoms with van der Waals surface area (Å²) in [6, 6.07) is 6.75. The van der Waals surface area contributed by atoms with Crippen LogP contribution in [0.2, 0.25) is 0 Å². The fraction of sp³-hybridized carbons (Fsp3) is 0.526. The topological polar surface area (TPSA) is 39.5 Å². The lowest BCUT2D eigenvalue weighted by molar-refractivity contribution is -0.0563. The van der Waals surface area contributed by atoms with Crippen LogP contribution in [-0.2, 0) is 22.6 Å². The lowest BCUT2D eigenvalue weighted by atomic mass is 9.94. The number of halogens is 1. The normalized spacial score (nSPS) is 27.6. The molecule has 25 heavy (non-hydrogen) atoms. The molecule has 6 heteroatoms. The van der Waals surface area contributed by atoms with Crippen molar-refractivity contribution in [1.29, 1.82) is 0 Å². The minimum Gasteiger partial charge on any atom is -0.377 e. The summed E-state index contributed by atoms with van der Waals surface area (Å²) in [4.78, 5) is 6.47. The van der Waals surface area contributed by atoms with Crippen LogP contribution in [0.3, 0.4) is 0 Å². The van der Waals surface area contributed by atoms with Crippen LogP contribution in [0.5, 0.6) is 0 Å². The molecule has 0 unspecified atom stereocenters. The third kappa shape index (κ3) is 4.08. The molecule has 0 aliphatic carbocycles. The molecule has 2 aliphatic rings. The predicted octanol–water partition coefficient (Wildman–Crippen LogP) is 2.33. The van der Waals surface area contributed by atoms with Crippen LogP contribution in [-0.4, -0.2) is 53.0 Å². The molecule has 1 spiro atoms. The van der Waals surface area contributed by atoms with E-state index in [0.29, 0.717) is 19.1 Å². The van der Waals surface area contributed by atoms with E-state index in [1.165, 1.54) is 12.1 Å². The molecule has 5 nitrogen and oxygen atoms in total. The molecule has 3 heterocycles. The van der Waals surface area contributed by atoms with E-state index in [4.69, 9.17) is 9.47 Å². The molecule has 0 saturated carbocycles. The van der Waals surface area contributed by atoms with Crippen molar-refractivity contribution in [1.82, 2.24) is 14.5 Å². The van der Waals surface area contributed by atoms with Crippen LogP contribution < -0.4 is 0 Å². The average molecular weight is 345 g/mol. The quantitative estimate of drug-likeness (QED) is 0.853. The molecule has 1 aromatic heterocycles. The zero-order valence-electron chi connectivity index (χ0n) is 14.3. The molecule has 0 bridgehead atoms. The first kappa shape index (κ1) is 16.7. The Hall–Kier alpha value is -1.76. The number of rotatable bonds is 4. The highest BCUT2D eigenvalue weighted by Gasteiger charge is 2.43. The summed E-state index contributed by atoms with van der Waals surface area (Å²) in [6.45, 7) is 5.55. The fourth-order valence-corrected chi connectivity index (χ4v) is 3.93. The van der Waals surface area contributed by atoms with E-state index in [2.05, 4.69) is 14.5 Å². The van der Waals surface area contributed by atoms with Crippen molar-refractivity contribution in [3.8, 4) is 0 Å². The fourth-order valence-electron chi connectivity index (χ4n) is 3.93. The summed E-state index contributed by atoms with van der Waals surface area (Å²) in [5, 5.41) is 0. The minimum atomic E-state index is -0.234. The van der Waals surface area contributed by atoms with E-state index in [1.807, 2.05) is 30.9 Å². The molecule has 2 aliphatic heterocycles. The Balaban J connectivity index is 1.40. The van der Waals surface area contributed by atoms with Crippen molar-refractivity contribution in [2.24, 2.45) is 5.92 Å². The van der Waals surface area contributed by atoms with Gasteiger partial charge in [0.2, 0.25) is 0 Å². The Morgan fingerprint density at radius 1 is 1.28 bits per heavy atom. The third-order valence-corrected chi connectivity index (χ3v) is 5.06. The number of aromatic nitrogens is 2. The number of benzene rings is 1. The first-order valence-electron chi connectivity index (χ1n) is 8.85. The second-order valence-electron chi connectivity index (χ2n) is 7.21. The van der Waals surface area contributed by atoms with E-state index in [1.54, 1.807) is 0 Å². The van der Waals surface area contributed by atoms with Crippen LogP contribution >= 0.6 is 0 Å². The Labute approximate surface area is 147 Å². The van der Waals surface area contributed by atoms with E-state index in [9.17, 15) is 4.39 Å². The second kappa shape index (κ2) is 7.23. The van der Waals surface area contributed by atoms with Crippen molar-refractivity contribution in [3.63, 3.8) is 0 Å². The first-order chi connectivity index (χ1) is 12.2. The van der Waals surface area contributed by atoms with Crippen LogP contribution in [0.25, 0.3) is 0 Å². The Bertz CT molecular complexity index is 676. The Kier molecular flexibility index (Phi) is 4.83. The zero-order valence-corrected chi connectivity index (χ0v) is 14.3. The SMILES string of the molecule is Fc1ccc(CN2CCOC[C@]3(C[C@@H](Cn4ccnc4)CO3)C2)cc1. The van der Waals surface area contributed by atoms with E-state index in [-0.39, 0.29) is 11.4 Å². The molecular formula is C19H24FN3O2. The molecule has 0 radical (unpaired) electrons. The van der Waals surface area contributed by atoms with Gasteiger partial charge in [0, 0.05) is 44.5 Å². The molecule has 134 valence electrons. The number of ether oxygens (including phenoxy) is 2. The van der Waals surface area contributed by atoms with E-state index >= 15 is 0 Å². The van der Waals surface area contributed by atoms with Gasteiger partial charge in [-0.25, -0.2) is 9.37 Å². The van der Waals surface area contributed by atoms with Gasteiger partial charge in [-0.15, -0.1) is 0 Å². The molecule has 2 atom stereocenters. The largest absolute Gasteiger partial charge is 0.377 e. The van der Waals surface area contributed by atoms with E-state index < -0.39 is 0 Å². The lowest BCUT2D eigenvalue weighted by Gasteiger charge is -2.31. The van der Waals surface area contributed by atoms with Crippen molar-refractivity contribution < 1.29 is 13.9 Å². The Morgan fingerprint density at radius 2 is 2.16 bits per heavy atom. The van der Waals surface area contributed by atoms with Crippen LogP contribution in [0.1, 0.15) is 12.0 Å². The van der Waals surface area contributed by atoms with E-state index in [0.717, 1.165) is 44.8 Å². The lowest BCUT2D eigenvalue weighted by Crippen LogP contribution is -2.43. The zero-order chi connectivity index (χ0) is 17.1. The number of hydrogen-bond acceptors (Lipinski definition) is 4. The predicted molar refractivity (Wildman–Crippen MR) is 91.5 cm³/mol. The maximum absolute atomic E-state index is 13.1. The second-order valence-corrected chi connectivity index (χ2v) is 7.21. The number of hydrogen-bond donors (Lipinski definition) is 0. The summed E-state index contributed by atoms with van der Waals surface area (Å²) < 4.78 is 27.3. The highest BCUT2D eigenvalue weighted by Crippen LogP contribution is 2.34. The highest BCUT2D eigenvalue weighted by atomic mass is 19.1. The van der Waals surface area contributed by atoms with Gasteiger partial charge in [0.05, 0.1) is 26.1 Å². The maximum atomic E-state index is 13.1. The standard InChI is InChI=1S/C19H24FN3O2/c20-18-3-1-16(2-4-18)10-22-7-8-24-14-19(13-22)9-17(12-25-19)11-23-6-5-21-15-23/h1-6,15,17H,7-14H2/t17-,19-/m0/s1. The number of imidazole rings is 1. The van der Waals surface area contributed by atoms with Crippen LogP contribution in [0.15, 0.2) is 43.0 Å². The smallest absolute Gasteiger partial charge is 0.123 e. The van der Waals surface area contributed by atoms with Crippen molar-refractivity contribution in [2.45, 2.75) is 25.1 Å². The molecule has 4 rings (SSSR count).